The van der Waals surface area contributed by atoms with Gasteiger partial charge in [-0.3, -0.25) is 37.3 Å². The molecule has 0 aromatic rings. The Kier molecular flexibility index (Phi) is 63.7. The lowest BCUT2D eigenvalue weighted by atomic mass is 10.0. The summed E-state index contributed by atoms with van der Waals surface area (Å²) in [6.07, 6.45) is 51.5. The highest BCUT2D eigenvalue weighted by atomic mass is 31.2. The Labute approximate surface area is 562 Å². The number of carbonyl (C=O) groups is 4. The smallest absolute Gasteiger partial charge is 0.462 e. The normalized spacial score (nSPS) is 14.1. The van der Waals surface area contributed by atoms with Crippen LogP contribution < -0.4 is 0 Å². The summed E-state index contributed by atoms with van der Waals surface area (Å²) in [5.41, 5.74) is 0. The number of rotatable bonds is 72. The van der Waals surface area contributed by atoms with Gasteiger partial charge in [0, 0.05) is 25.7 Å². The minimum atomic E-state index is -4.95. The SMILES string of the molecule is CCCCCCCCCCCCCCCCCCC(=O)O[C@H](COC(=O)CCCCCCCCCCCCCCCCC)COP(=O)(O)OC[C@@H](O)COP(=O)(O)OC[C@@H](COC(=O)CCCCCCCCC(C)C)OC(=O)CCCCCCCCCCCC(C)C. The predicted octanol–water partition coefficient (Wildman–Crippen LogP) is 21.2. The topological polar surface area (TPSA) is 237 Å². The van der Waals surface area contributed by atoms with Crippen LogP contribution in [0.3, 0.4) is 0 Å². The summed E-state index contributed by atoms with van der Waals surface area (Å²) in [5, 5.41) is 10.6. The molecule has 546 valence electrons. The predicted molar refractivity (Wildman–Crippen MR) is 372 cm³/mol. The Morgan fingerprint density at radius 3 is 0.739 bits per heavy atom. The van der Waals surface area contributed by atoms with Gasteiger partial charge in [-0.05, 0) is 37.5 Å². The van der Waals surface area contributed by atoms with Gasteiger partial charge in [0.2, 0.25) is 0 Å². The second kappa shape index (κ2) is 65.0. The third-order valence-corrected chi connectivity index (χ3v) is 18.9. The van der Waals surface area contributed by atoms with Crippen LogP contribution in [0.4, 0.5) is 0 Å². The molecule has 0 spiro atoms. The fourth-order valence-electron chi connectivity index (χ4n) is 11.1. The fourth-order valence-corrected chi connectivity index (χ4v) is 12.7. The molecular weight excluding hydrogens is 1210 g/mol. The van der Waals surface area contributed by atoms with Crippen molar-refractivity contribution in [1.29, 1.82) is 0 Å². The molecule has 0 saturated heterocycles. The fraction of sp³-hybridized carbons (Fsp3) is 0.945. The monoisotopic (exact) mass is 1350 g/mol. The highest BCUT2D eigenvalue weighted by Crippen LogP contribution is 2.45. The Morgan fingerprint density at radius 2 is 0.500 bits per heavy atom. The van der Waals surface area contributed by atoms with Gasteiger partial charge in [0.15, 0.2) is 12.2 Å². The quantitative estimate of drug-likeness (QED) is 0.0222. The molecule has 0 bridgehead atoms. The number of aliphatic hydroxyl groups is 1. The largest absolute Gasteiger partial charge is 0.472 e. The number of phosphoric acid groups is 2. The van der Waals surface area contributed by atoms with E-state index in [1.54, 1.807) is 0 Å². The van der Waals surface area contributed by atoms with Gasteiger partial charge in [-0.25, -0.2) is 9.13 Å². The maximum Gasteiger partial charge on any atom is 0.472 e. The molecule has 0 aromatic heterocycles. The first kappa shape index (κ1) is 90.1. The second-order valence-electron chi connectivity index (χ2n) is 27.3. The van der Waals surface area contributed by atoms with Crippen molar-refractivity contribution in [3.05, 3.63) is 0 Å². The molecule has 0 heterocycles. The lowest BCUT2D eigenvalue weighted by molar-refractivity contribution is -0.161. The van der Waals surface area contributed by atoms with Crippen LogP contribution in [0.5, 0.6) is 0 Å². The van der Waals surface area contributed by atoms with E-state index in [1.165, 1.54) is 186 Å². The number of hydrogen-bond donors (Lipinski definition) is 3. The molecule has 0 amide bonds. The number of ether oxygens (including phenoxy) is 4. The van der Waals surface area contributed by atoms with Crippen LogP contribution >= 0.6 is 15.6 Å². The highest BCUT2D eigenvalue weighted by molar-refractivity contribution is 7.47. The van der Waals surface area contributed by atoms with Crippen molar-refractivity contribution in [2.45, 2.75) is 394 Å². The number of esters is 4. The van der Waals surface area contributed by atoms with Gasteiger partial charge in [-0.2, -0.15) is 0 Å². The van der Waals surface area contributed by atoms with E-state index in [0.717, 1.165) is 102 Å². The lowest BCUT2D eigenvalue weighted by Gasteiger charge is -2.21. The molecule has 92 heavy (non-hydrogen) atoms. The van der Waals surface area contributed by atoms with Gasteiger partial charge in [-0.1, -0.05) is 324 Å². The molecular formula is C73H142O17P2. The second-order valence-corrected chi connectivity index (χ2v) is 30.2. The van der Waals surface area contributed by atoms with Crippen LogP contribution in [0.25, 0.3) is 0 Å². The van der Waals surface area contributed by atoms with Crippen LogP contribution in [0.2, 0.25) is 0 Å². The van der Waals surface area contributed by atoms with E-state index in [0.29, 0.717) is 31.6 Å². The van der Waals surface area contributed by atoms with Crippen LogP contribution in [-0.4, -0.2) is 96.7 Å². The van der Waals surface area contributed by atoms with Crippen LogP contribution in [0, 0.1) is 11.8 Å². The lowest BCUT2D eigenvalue weighted by Crippen LogP contribution is -2.30. The molecule has 0 radical (unpaired) electrons. The molecule has 0 rings (SSSR count). The van der Waals surface area contributed by atoms with Gasteiger partial charge in [0.05, 0.1) is 26.4 Å². The van der Waals surface area contributed by atoms with E-state index in [1.807, 2.05) is 0 Å². The Morgan fingerprint density at radius 1 is 0.293 bits per heavy atom. The third-order valence-electron chi connectivity index (χ3n) is 17.0. The Balaban J connectivity index is 5.24. The average molecular weight is 1350 g/mol. The van der Waals surface area contributed by atoms with Crippen molar-refractivity contribution in [3.8, 4) is 0 Å². The van der Waals surface area contributed by atoms with Crippen LogP contribution in [0.15, 0.2) is 0 Å². The summed E-state index contributed by atoms with van der Waals surface area (Å²) in [5.74, 6) is -0.705. The minimum absolute atomic E-state index is 0.104. The van der Waals surface area contributed by atoms with Crippen molar-refractivity contribution >= 4 is 39.5 Å². The number of hydrogen-bond acceptors (Lipinski definition) is 15. The standard InChI is InChI=1S/C73H142O17P2/c1-7-9-11-13-15-17-19-21-23-25-27-29-33-37-45-51-57-72(77)89-68(61-83-70(75)55-49-43-36-32-28-26-24-22-20-18-16-14-12-10-8-2)63-87-91(79,80)85-59-67(74)60-86-92(81,82)88-64-69(62-84-71(76)56-50-44-40-39-42-48-54-66(5)6)90-73(78)58-52-46-38-34-30-31-35-41-47-53-65(3)4/h65-69,74H,7-64H2,1-6H3,(H,79,80)(H,81,82)/t67-,68-,69-/m1/s1. The molecule has 5 atom stereocenters. The first-order valence-electron chi connectivity index (χ1n) is 38.0. The van der Waals surface area contributed by atoms with E-state index in [2.05, 4.69) is 41.5 Å². The Hall–Kier alpha value is -1.94. The molecule has 0 saturated carbocycles. The van der Waals surface area contributed by atoms with E-state index in [-0.39, 0.29) is 25.7 Å². The number of carbonyl (C=O) groups excluding carboxylic acids is 4. The van der Waals surface area contributed by atoms with Gasteiger partial charge >= 0.3 is 39.5 Å². The summed E-state index contributed by atoms with van der Waals surface area (Å²) in [7, 11) is -9.90. The van der Waals surface area contributed by atoms with Gasteiger partial charge in [-0.15, -0.1) is 0 Å². The Bertz CT molecular complexity index is 1790. The average Bonchev–Trinajstić information content (AvgIpc) is 3.40. The van der Waals surface area contributed by atoms with Crippen molar-refractivity contribution < 1.29 is 80.2 Å². The third kappa shape index (κ3) is 66.7. The van der Waals surface area contributed by atoms with Crippen LogP contribution in [0.1, 0.15) is 375 Å². The van der Waals surface area contributed by atoms with Crippen molar-refractivity contribution in [2.24, 2.45) is 11.8 Å². The van der Waals surface area contributed by atoms with E-state index >= 15 is 0 Å². The zero-order valence-electron chi connectivity index (χ0n) is 59.9. The number of aliphatic hydroxyl groups excluding tert-OH is 1. The molecule has 2 unspecified atom stereocenters. The summed E-state index contributed by atoms with van der Waals surface area (Å²) >= 11 is 0. The molecule has 0 aliphatic rings. The molecule has 19 heteroatoms. The molecule has 17 nitrogen and oxygen atoms in total. The number of unbranched alkanes of at least 4 members (excludes halogenated alkanes) is 42. The zero-order chi connectivity index (χ0) is 67.9. The summed E-state index contributed by atoms with van der Waals surface area (Å²) < 4.78 is 68.4. The zero-order valence-corrected chi connectivity index (χ0v) is 61.6. The van der Waals surface area contributed by atoms with Crippen LogP contribution in [-0.2, 0) is 65.4 Å². The highest BCUT2D eigenvalue weighted by Gasteiger charge is 2.30. The van der Waals surface area contributed by atoms with E-state index < -0.39 is 97.5 Å². The molecule has 0 aromatic carbocycles. The van der Waals surface area contributed by atoms with Crippen molar-refractivity contribution in [3.63, 3.8) is 0 Å². The molecule has 3 N–H and O–H groups in total. The maximum absolute atomic E-state index is 13.1. The molecule has 0 aliphatic heterocycles. The van der Waals surface area contributed by atoms with Gasteiger partial charge < -0.3 is 33.8 Å². The van der Waals surface area contributed by atoms with Crippen molar-refractivity contribution in [1.82, 2.24) is 0 Å². The first-order chi connectivity index (χ1) is 44.4. The summed E-state index contributed by atoms with van der Waals surface area (Å²) in [6.45, 7) is 9.47. The van der Waals surface area contributed by atoms with Gasteiger partial charge in [0.1, 0.15) is 19.3 Å². The summed E-state index contributed by atoms with van der Waals surface area (Å²) in [6, 6.07) is 0. The van der Waals surface area contributed by atoms with E-state index in [4.69, 9.17) is 37.0 Å². The van der Waals surface area contributed by atoms with E-state index in [9.17, 15) is 43.2 Å². The molecule has 0 aliphatic carbocycles. The maximum atomic E-state index is 13.1. The summed E-state index contributed by atoms with van der Waals surface area (Å²) in [4.78, 5) is 72.6. The van der Waals surface area contributed by atoms with Gasteiger partial charge in [0.25, 0.3) is 0 Å². The van der Waals surface area contributed by atoms with Crippen molar-refractivity contribution in [2.75, 3.05) is 39.6 Å². The number of phosphoric ester groups is 2. The molecule has 0 fully saturated rings. The minimum Gasteiger partial charge on any atom is -0.462 e. The first-order valence-corrected chi connectivity index (χ1v) is 41.0.